The lowest BCUT2D eigenvalue weighted by molar-refractivity contribution is -0.0368. The maximum atomic E-state index is 15.7. The van der Waals surface area contributed by atoms with Crippen LogP contribution in [0.2, 0.25) is 0 Å². The molecule has 5 aromatic rings. The van der Waals surface area contributed by atoms with Gasteiger partial charge in [0.15, 0.2) is 17.7 Å². The Morgan fingerprint density at radius 2 is 1.69 bits per heavy atom. The topological polar surface area (TPSA) is 138 Å². The predicted octanol–water partition coefficient (Wildman–Crippen LogP) is 8.33. The van der Waals surface area contributed by atoms with Gasteiger partial charge < -0.3 is 24.2 Å². The van der Waals surface area contributed by atoms with E-state index < -0.39 is 17.3 Å². The fourth-order valence-corrected chi connectivity index (χ4v) is 6.89. The normalized spacial score (nSPS) is 17.2. The van der Waals surface area contributed by atoms with Crippen LogP contribution in [-0.4, -0.2) is 67.1 Å². The van der Waals surface area contributed by atoms with Crippen LogP contribution in [0, 0.1) is 5.82 Å². The van der Waals surface area contributed by atoms with Crippen LogP contribution in [0.3, 0.4) is 0 Å². The SMILES string of the molecule is CC(C)(C)OC(=O)N1CCC(c2ccc(-c3cnc4c(c3)c(-c3ccc(CNC(=O)c5nc(C(C)(C)C)no5)c(F)c3)nn4C3CCCCO3)cc2)CC1. The minimum absolute atomic E-state index is 0.0617. The zero-order valence-electron chi connectivity index (χ0n) is 31.8. The van der Waals surface area contributed by atoms with Crippen LogP contribution < -0.4 is 5.32 Å². The van der Waals surface area contributed by atoms with Crippen molar-refractivity contribution in [2.24, 2.45) is 0 Å². The van der Waals surface area contributed by atoms with E-state index in [4.69, 9.17) is 24.1 Å². The second-order valence-corrected chi connectivity index (χ2v) is 16.2. The highest BCUT2D eigenvalue weighted by Crippen LogP contribution is 2.36. The summed E-state index contributed by atoms with van der Waals surface area (Å²) >= 11 is 0. The highest BCUT2D eigenvalue weighted by atomic mass is 19.1. The Morgan fingerprint density at radius 3 is 2.33 bits per heavy atom. The molecule has 13 heteroatoms. The number of rotatable bonds is 7. The summed E-state index contributed by atoms with van der Waals surface area (Å²) in [6, 6.07) is 15.5. The minimum Gasteiger partial charge on any atom is -0.444 e. The van der Waals surface area contributed by atoms with Gasteiger partial charge in [-0.25, -0.2) is 18.9 Å². The van der Waals surface area contributed by atoms with E-state index in [9.17, 15) is 9.59 Å². The third kappa shape index (κ3) is 8.15. The van der Waals surface area contributed by atoms with Gasteiger partial charge in [0.2, 0.25) is 0 Å². The van der Waals surface area contributed by atoms with Crippen molar-refractivity contribution in [1.29, 1.82) is 0 Å². The first kappa shape index (κ1) is 37.2. The van der Waals surface area contributed by atoms with Crippen LogP contribution in [0.4, 0.5) is 9.18 Å². The van der Waals surface area contributed by atoms with Gasteiger partial charge >= 0.3 is 17.9 Å². The lowest BCUT2D eigenvalue weighted by Gasteiger charge is -2.33. The molecule has 0 saturated carbocycles. The van der Waals surface area contributed by atoms with E-state index in [0.29, 0.717) is 53.9 Å². The molecule has 3 aromatic heterocycles. The van der Waals surface area contributed by atoms with Crippen molar-refractivity contribution >= 4 is 23.0 Å². The monoisotopic (exact) mass is 737 g/mol. The Kier molecular flexibility index (Phi) is 10.3. The summed E-state index contributed by atoms with van der Waals surface area (Å²) in [4.78, 5) is 36.1. The second-order valence-electron chi connectivity index (χ2n) is 16.2. The number of amides is 2. The Bertz CT molecular complexity index is 2130. The van der Waals surface area contributed by atoms with Crippen molar-refractivity contribution in [1.82, 2.24) is 35.1 Å². The molecule has 0 bridgehead atoms. The molecule has 0 radical (unpaired) electrons. The number of pyridine rings is 1. The van der Waals surface area contributed by atoms with Crippen LogP contribution in [0.25, 0.3) is 33.4 Å². The molecule has 1 atom stereocenters. The van der Waals surface area contributed by atoms with Crippen molar-refractivity contribution in [2.75, 3.05) is 19.7 Å². The summed E-state index contributed by atoms with van der Waals surface area (Å²) < 4.78 is 34.3. The van der Waals surface area contributed by atoms with E-state index >= 15 is 4.39 Å². The zero-order chi connectivity index (χ0) is 38.2. The van der Waals surface area contributed by atoms with Gasteiger partial charge in [0, 0.05) is 59.9 Å². The number of nitrogens with one attached hydrogen (secondary N) is 1. The smallest absolute Gasteiger partial charge is 0.410 e. The molecule has 0 spiro atoms. The van der Waals surface area contributed by atoms with Crippen molar-refractivity contribution in [3.8, 4) is 22.4 Å². The van der Waals surface area contributed by atoms with Crippen LogP contribution in [0.15, 0.2) is 59.3 Å². The Labute approximate surface area is 314 Å². The first-order valence-corrected chi connectivity index (χ1v) is 18.7. The van der Waals surface area contributed by atoms with Gasteiger partial charge in [-0.15, -0.1) is 0 Å². The van der Waals surface area contributed by atoms with E-state index in [1.807, 2.05) is 52.4 Å². The van der Waals surface area contributed by atoms with E-state index in [1.165, 1.54) is 11.6 Å². The molecule has 5 heterocycles. The van der Waals surface area contributed by atoms with Gasteiger partial charge in [0.05, 0.1) is 0 Å². The first-order chi connectivity index (χ1) is 25.7. The summed E-state index contributed by atoms with van der Waals surface area (Å²) in [6.07, 6.45) is 5.89. The van der Waals surface area contributed by atoms with Crippen LogP contribution >= 0.6 is 0 Å². The van der Waals surface area contributed by atoms with Crippen LogP contribution in [0.1, 0.15) is 113 Å². The number of carbonyl (C=O) groups excluding carboxylic acids is 2. The van der Waals surface area contributed by atoms with Crippen molar-refractivity contribution in [3.63, 3.8) is 0 Å². The molecule has 2 fully saturated rings. The molecule has 0 aliphatic carbocycles. The lowest BCUT2D eigenvalue weighted by Crippen LogP contribution is -2.41. The van der Waals surface area contributed by atoms with Gasteiger partial charge in [0.25, 0.3) is 0 Å². The number of piperidine rings is 1. The standard InChI is InChI=1S/C41H48FN7O5/c1-40(2,3)38-45-37(54-47-38)36(50)44-23-29-15-14-28(22-32(29)42)34-31-21-30(24-43-35(31)49(46-34)33-9-7-8-20-52-33)26-12-10-25(11-13-26)27-16-18-48(19-17-27)39(51)53-41(4,5)6/h10-15,21-22,24,27,33H,7-9,16-20,23H2,1-6H3,(H,44,50). The number of halogens is 1. The first-order valence-electron chi connectivity index (χ1n) is 18.7. The Hall–Kier alpha value is -5.17. The highest BCUT2D eigenvalue weighted by Gasteiger charge is 2.29. The number of likely N-dealkylation sites (tertiary alicyclic amines) is 1. The summed E-state index contributed by atoms with van der Waals surface area (Å²) in [5.41, 5.74) is 4.40. The number of carbonyl (C=O) groups is 2. The predicted molar refractivity (Wildman–Crippen MR) is 201 cm³/mol. The van der Waals surface area contributed by atoms with Gasteiger partial charge in [-0.2, -0.15) is 10.1 Å². The molecule has 284 valence electrons. The average molecular weight is 738 g/mol. The third-order valence-electron chi connectivity index (χ3n) is 9.89. The zero-order valence-corrected chi connectivity index (χ0v) is 31.8. The third-order valence-corrected chi connectivity index (χ3v) is 9.89. The number of aromatic nitrogens is 5. The van der Waals surface area contributed by atoms with Gasteiger partial charge in [-0.1, -0.05) is 62.3 Å². The number of nitrogens with zero attached hydrogens (tertiary/aromatic N) is 6. The maximum Gasteiger partial charge on any atom is 0.410 e. The molecule has 12 nitrogen and oxygen atoms in total. The highest BCUT2D eigenvalue weighted by molar-refractivity contribution is 5.94. The molecule has 1 unspecified atom stereocenters. The van der Waals surface area contributed by atoms with Gasteiger partial charge in [-0.3, -0.25) is 4.79 Å². The molecule has 2 aliphatic heterocycles. The summed E-state index contributed by atoms with van der Waals surface area (Å²) in [5.74, 6) is -0.463. The van der Waals surface area contributed by atoms with E-state index in [1.54, 1.807) is 17.0 Å². The number of hydrogen-bond acceptors (Lipinski definition) is 9. The summed E-state index contributed by atoms with van der Waals surface area (Å²) in [5, 5.41) is 12.3. The van der Waals surface area contributed by atoms with Gasteiger partial charge in [-0.05, 0) is 82.1 Å². The van der Waals surface area contributed by atoms with Gasteiger partial charge in [0.1, 0.15) is 17.1 Å². The Morgan fingerprint density at radius 1 is 0.944 bits per heavy atom. The fourth-order valence-electron chi connectivity index (χ4n) is 6.89. The lowest BCUT2D eigenvalue weighted by atomic mass is 9.88. The molecule has 7 rings (SSSR count). The maximum absolute atomic E-state index is 15.7. The average Bonchev–Trinajstić information content (AvgIpc) is 3.81. The van der Waals surface area contributed by atoms with E-state index in [-0.39, 0.29) is 30.2 Å². The Balaban J connectivity index is 1.11. The largest absolute Gasteiger partial charge is 0.444 e. The molecule has 2 aliphatic rings. The van der Waals surface area contributed by atoms with Crippen molar-refractivity contribution in [2.45, 2.75) is 103 Å². The van der Waals surface area contributed by atoms with Crippen molar-refractivity contribution < 1.29 is 28.0 Å². The fraction of sp³-hybridized carbons (Fsp3) is 0.463. The quantitative estimate of drug-likeness (QED) is 0.175. The second kappa shape index (κ2) is 14.9. The molecule has 54 heavy (non-hydrogen) atoms. The number of hydrogen-bond donors (Lipinski definition) is 1. The van der Waals surface area contributed by atoms with Crippen LogP contribution in [0.5, 0.6) is 0 Å². The summed E-state index contributed by atoms with van der Waals surface area (Å²) in [7, 11) is 0. The number of ether oxygens (including phenoxy) is 2. The molecule has 2 saturated heterocycles. The van der Waals surface area contributed by atoms with Crippen molar-refractivity contribution in [3.05, 3.63) is 83.4 Å². The summed E-state index contributed by atoms with van der Waals surface area (Å²) in [6.45, 7) is 13.3. The molecule has 1 N–H and O–H groups in total. The molecular formula is C41H48FN7O5. The minimum atomic E-state index is -0.575. The molecule has 2 amide bonds. The van der Waals surface area contributed by atoms with E-state index in [2.05, 4.69) is 45.8 Å². The van der Waals surface area contributed by atoms with Crippen LogP contribution in [-0.2, 0) is 21.4 Å². The van der Waals surface area contributed by atoms with E-state index in [0.717, 1.165) is 48.6 Å². The molecule has 2 aromatic carbocycles. The number of fused-ring (bicyclic) bond motifs is 1. The molecular weight excluding hydrogens is 689 g/mol. The number of benzene rings is 2.